The molecule has 1 fully saturated rings. The molecule has 134 valence electrons. The maximum absolute atomic E-state index is 12.1. The van der Waals surface area contributed by atoms with Gasteiger partial charge in [0.15, 0.2) is 0 Å². The molecule has 1 aromatic rings. The second-order valence-corrected chi connectivity index (χ2v) is 6.57. The summed E-state index contributed by atoms with van der Waals surface area (Å²) in [4.78, 5) is 14.5. The van der Waals surface area contributed by atoms with Crippen molar-refractivity contribution in [2.45, 2.75) is 25.8 Å². The van der Waals surface area contributed by atoms with Gasteiger partial charge < -0.3 is 10.6 Å². The smallest absolute Gasteiger partial charge is 0.319 e. The number of hydrogen-bond acceptors (Lipinski definition) is 2. The fraction of sp³-hybridized carbons (Fsp3) is 0.350. The van der Waals surface area contributed by atoms with Gasteiger partial charge in [-0.1, -0.05) is 42.5 Å². The van der Waals surface area contributed by atoms with Crippen molar-refractivity contribution in [1.82, 2.24) is 10.2 Å². The molecule has 0 atom stereocenters. The SMILES string of the molecule is C=C/C=C(\C=C/C)CN1CCC(NC(=O)Nc2ccc(Cl)cc2)CC1. The number of piperidine rings is 1. The number of hydrogen-bond donors (Lipinski definition) is 2. The molecule has 4 nitrogen and oxygen atoms in total. The number of anilines is 1. The number of urea groups is 1. The fourth-order valence-electron chi connectivity index (χ4n) is 2.91. The van der Waals surface area contributed by atoms with Crippen LogP contribution in [0.25, 0.3) is 0 Å². The molecule has 0 aliphatic carbocycles. The Morgan fingerprint density at radius 2 is 2.00 bits per heavy atom. The van der Waals surface area contributed by atoms with Crippen LogP contribution >= 0.6 is 11.6 Å². The molecule has 0 spiro atoms. The van der Waals surface area contributed by atoms with Crippen molar-refractivity contribution >= 4 is 23.3 Å². The van der Waals surface area contributed by atoms with Gasteiger partial charge in [0.25, 0.3) is 0 Å². The van der Waals surface area contributed by atoms with E-state index in [1.807, 2.05) is 25.2 Å². The van der Waals surface area contributed by atoms with E-state index in [1.165, 1.54) is 5.57 Å². The normalized spacial score (nSPS) is 16.8. The van der Waals surface area contributed by atoms with Crippen molar-refractivity contribution < 1.29 is 4.79 Å². The predicted molar refractivity (Wildman–Crippen MR) is 106 cm³/mol. The number of allylic oxidation sites excluding steroid dienone is 3. The lowest BCUT2D eigenvalue weighted by molar-refractivity contribution is 0.207. The largest absolute Gasteiger partial charge is 0.335 e. The van der Waals surface area contributed by atoms with Gasteiger partial charge in [-0.3, -0.25) is 4.90 Å². The van der Waals surface area contributed by atoms with Crippen LogP contribution in [-0.2, 0) is 0 Å². The van der Waals surface area contributed by atoms with E-state index in [-0.39, 0.29) is 12.1 Å². The van der Waals surface area contributed by atoms with E-state index in [1.54, 1.807) is 24.3 Å². The summed E-state index contributed by atoms with van der Waals surface area (Å²) in [6.07, 6.45) is 9.93. The lowest BCUT2D eigenvalue weighted by Gasteiger charge is -2.32. The van der Waals surface area contributed by atoms with E-state index in [4.69, 9.17) is 11.6 Å². The topological polar surface area (TPSA) is 44.4 Å². The Labute approximate surface area is 155 Å². The lowest BCUT2D eigenvalue weighted by atomic mass is 10.0. The van der Waals surface area contributed by atoms with Crippen LogP contribution in [0.2, 0.25) is 5.02 Å². The van der Waals surface area contributed by atoms with Crippen LogP contribution in [0.4, 0.5) is 10.5 Å². The minimum atomic E-state index is -0.165. The molecular weight excluding hydrogens is 334 g/mol. The summed E-state index contributed by atoms with van der Waals surface area (Å²) in [7, 11) is 0. The van der Waals surface area contributed by atoms with Gasteiger partial charge in [0.2, 0.25) is 0 Å². The maximum atomic E-state index is 12.1. The van der Waals surface area contributed by atoms with E-state index >= 15 is 0 Å². The standard InChI is InChI=1S/C20H26ClN3O/c1-3-5-16(6-4-2)15-24-13-11-19(12-14-24)23-20(25)22-18-9-7-17(21)8-10-18/h3-10,19H,1,11-15H2,2H3,(H2,22,23,25)/b6-4-,16-5+. The predicted octanol–water partition coefficient (Wildman–Crippen LogP) is 4.61. The van der Waals surface area contributed by atoms with E-state index in [0.717, 1.165) is 38.2 Å². The van der Waals surface area contributed by atoms with Crippen LogP contribution in [0.15, 0.2) is 60.7 Å². The van der Waals surface area contributed by atoms with E-state index in [0.29, 0.717) is 5.02 Å². The summed E-state index contributed by atoms with van der Waals surface area (Å²) in [5, 5.41) is 6.55. The molecule has 5 heteroatoms. The first-order valence-corrected chi connectivity index (χ1v) is 8.98. The first-order valence-electron chi connectivity index (χ1n) is 8.60. The summed E-state index contributed by atoms with van der Waals surface area (Å²) in [6, 6.07) is 7.14. The zero-order valence-electron chi connectivity index (χ0n) is 14.7. The molecular formula is C20H26ClN3O. The van der Waals surface area contributed by atoms with Gasteiger partial charge in [-0.15, -0.1) is 0 Å². The van der Waals surface area contributed by atoms with Crippen molar-refractivity contribution in [3.05, 3.63) is 65.7 Å². The molecule has 0 unspecified atom stereocenters. The first kappa shape index (κ1) is 19.3. The number of nitrogens with one attached hydrogen (secondary N) is 2. The second-order valence-electron chi connectivity index (χ2n) is 6.13. The number of likely N-dealkylation sites (tertiary alicyclic amines) is 1. The van der Waals surface area contributed by atoms with Gasteiger partial charge in [-0.25, -0.2) is 4.79 Å². The maximum Gasteiger partial charge on any atom is 0.319 e. The zero-order chi connectivity index (χ0) is 18.1. The van der Waals surface area contributed by atoms with Crippen molar-refractivity contribution in [2.75, 3.05) is 25.0 Å². The Morgan fingerprint density at radius 1 is 1.32 bits per heavy atom. The third-order valence-electron chi connectivity index (χ3n) is 4.14. The quantitative estimate of drug-likeness (QED) is 0.728. The molecule has 1 saturated heterocycles. The van der Waals surface area contributed by atoms with Crippen LogP contribution in [0.1, 0.15) is 19.8 Å². The average molecular weight is 360 g/mol. The molecule has 25 heavy (non-hydrogen) atoms. The van der Waals surface area contributed by atoms with Gasteiger partial charge in [0.1, 0.15) is 0 Å². The molecule has 0 radical (unpaired) electrons. The highest BCUT2D eigenvalue weighted by Gasteiger charge is 2.20. The van der Waals surface area contributed by atoms with Gasteiger partial charge in [-0.05, 0) is 49.6 Å². The molecule has 2 amide bonds. The fourth-order valence-corrected chi connectivity index (χ4v) is 3.03. The number of rotatable bonds is 6. The van der Waals surface area contributed by atoms with Crippen LogP contribution in [-0.4, -0.2) is 36.6 Å². The van der Waals surface area contributed by atoms with Crippen molar-refractivity contribution in [2.24, 2.45) is 0 Å². The number of halogens is 1. The van der Waals surface area contributed by atoms with Gasteiger partial charge in [0.05, 0.1) is 0 Å². The van der Waals surface area contributed by atoms with Gasteiger partial charge in [-0.2, -0.15) is 0 Å². The van der Waals surface area contributed by atoms with Gasteiger partial charge >= 0.3 is 6.03 Å². The number of amides is 2. The third-order valence-corrected chi connectivity index (χ3v) is 4.40. The van der Waals surface area contributed by atoms with Gasteiger partial charge in [0, 0.05) is 36.4 Å². The summed E-state index contributed by atoms with van der Waals surface area (Å²) >= 11 is 5.85. The summed E-state index contributed by atoms with van der Waals surface area (Å²) in [5.74, 6) is 0. The summed E-state index contributed by atoms with van der Waals surface area (Å²) < 4.78 is 0. The second kappa shape index (κ2) is 10.1. The molecule has 1 heterocycles. The summed E-state index contributed by atoms with van der Waals surface area (Å²) in [6.45, 7) is 8.65. The van der Waals surface area contributed by atoms with Crippen LogP contribution in [0.3, 0.4) is 0 Å². The number of carbonyl (C=O) groups is 1. The Kier molecular flexibility index (Phi) is 7.76. The molecule has 2 rings (SSSR count). The Balaban J connectivity index is 1.76. The van der Waals surface area contributed by atoms with E-state index < -0.39 is 0 Å². The van der Waals surface area contributed by atoms with Crippen molar-refractivity contribution in [3.8, 4) is 0 Å². The number of carbonyl (C=O) groups excluding carboxylic acids is 1. The van der Waals surface area contributed by atoms with E-state index in [2.05, 4.69) is 28.2 Å². The average Bonchev–Trinajstić information content (AvgIpc) is 2.59. The first-order chi connectivity index (χ1) is 12.1. The molecule has 2 N–H and O–H groups in total. The highest BCUT2D eigenvalue weighted by molar-refractivity contribution is 6.30. The van der Waals surface area contributed by atoms with Crippen LogP contribution in [0, 0.1) is 0 Å². The van der Waals surface area contributed by atoms with Crippen LogP contribution < -0.4 is 10.6 Å². The molecule has 1 aliphatic rings. The number of benzene rings is 1. The molecule has 0 aromatic heterocycles. The minimum Gasteiger partial charge on any atom is -0.335 e. The van der Waals surface area contributed by atoms with Crippen molar-refractivity contribution in [1.29, 1.82) is 0 Å². The third kappa shape index (κ3) is 6.77. The number of nitrogens with zero attached hydrogens (tertiary/aromatic N) is 1. The lowest BCUT2D eigenvalue weighted by Crippen LogP contribution is -2.46. The van der Waals surface area contributed by atoms with Crippen LogP contribution in [0.5, 0.6) is 0 Å². The zero-order valence-corrected chi connectivity index (χ0v) is 15.4. The Hall–Kier alpha value is -2.04. The minimum absolute atomic E-state index is 0.165. The van der Waals surface area contributed by atoms with E-state index in [9.17, 15) is 4.79 Å². The monoisotopic (exact) mass is 359 g/mol. The molecule has 1 aliphatic heterocycles. The van der Waals surface area contributed by atoms with Crippen molar-refractivity contribution in [3.63, 3.8) is 0 Å². The molecule has 0 bridgehead atoms. The highest BCUT2D eigenvalue weighted by atomic mass is 35.5. The Morgan fingerprint density at radius 3 is 2.60 bits per heavy atom. The highest BCUT2D eigenvalue weighted by Crippen LogP contribution is 2.15. The summed E-state index contributed by atoms with van der Waals surface area (Å²) in [5.41, 5.74) is 1.99. The Bertz CT molecular complexity index is 629. The molecule has 1 aromatic carbocycles. The molecule has 0 saturated carbocycles.